The Morgan fingerprint density at radius 3 is 2.21 bits per heavy atom. The van der Waals surface area contributed by atoms with E-state index in [2.05, 4.69) is 16.0 Å². The summed E-state index contributed by atoms with van der Waals surface area (Å²) in [4.78, 5) is 51.6. The maximum atomic E-state index is 13.0. The van der Waals surface area contributed by atoms with Gasteiger partial charge in [0.2, 0.25) is 5.91 Å². The van der Waals surface area contributed by atoms with E-state index in [0.717, 1.165) is 10.5 Å². The number of urea groups is 1. The summed E-state index contributed by atoms with van der Waals surface area (Å²) in [7, 11) is 0. The smallest absolute Gasteiger partial charge is 0.325 e. The molecule has 1 saturated heterocycles. The number of carbonyl (C=O) groups excluding carboxylic acids is 4. The fraction of sp³-hybridized carbons (Fsp3) is 0.167. The molecule has 1 unspecified atom stereocenters. The van der Waals surface area contributed by atoms with Crippen LogP contribution < -0.4 is 16.0 Å². The Morgan fingerprint density at radius 2 is 1.61 bits per heavy atom. The summed E-state index contributed by atoms with van der Waals surface area (Å²) in [5.74, 6) is -1.21. The number of rotatable bonds is 6. The second-order valence-electron chi connectivity index (χ2n) is 7.87. The minimum atomic E-state index is -1.23. The Labute approximate surface area is 194 Å². The normalized spacial score (nSPS) is 17.6. The van der Waals surface area contributed by atoms with Gasteiger partial charge in [0, 0.05) is 11.4 Å². The molecule has 0 bridgehead atoms. The third-order valence-corrected chi connectivity index (χ3v) is 6.25. The van der Waals surface area contributed by atoms with E-state index in [-0.39, 0.29) is 5.91 Å². The number of hydrogen-bond donors (Lipinski definition) is 3. The molecule has 8 nitrogen and oxygen atoms in total. The van der Waals surface area contributed by atoms with Crippen molar-refractivity contribution in [1.29, 1.82) is 0 Å². The number of imide groups is 1. The molecule has 1 aliphatic rings. The molecule has 0 saturated carbocycles. The molecule has 0 radical (unpaired) electrons. The standard InChI is InChI=1S/C24H22N4O4S/c1-15-5-7-16(8-6-15)24(2)22(31)28(23(32)27-24)14-20(29)25-17-9-11-18(12-10-17)26-21(30)19-4-3-13-33-19/h3-13H,14H2,1-2H3,(H,25,29)(H,26,30)(H,27,32). The highest BCUT2D eigenvalue weighted by Crippen LogP contribution is 2.29. The van der Waals surface area contributed by atoms with Gasteiger partial charge in [-0.05, 0) is 55.1 Å². The van der Waals surface area contributed by atoms with E-state index in [4.69, 9.17) is 0 Å². The first-order chi connectivity index (χ1) is 15.8. The lowest BCUT2D eigenvalue weighted by Crippen LogP contribution is -2.42. The van der Waals surface area contributed by atoms with Gasteiger partial charge in [0.1, 0.15) is 12.1 Å². The topological polar surface area (TPSA) is 108 Å². The molecular formula is C24H22N4O4S. The Balaban J connectivity index is 1.37. The molecule has 2 aromatic carbocycles. The number of thiophene rings is 1. The molecule has 0 spiro atoms. The van der Waals surface area contributed by atoms with Crippen LogP contribution in [0, 0.1) is 6.92 Å². The van der Waals surface area contributed by atoms with Gasteiger partial charge in [-0.15, -0.1) is 11.3 Å². The highest BCUT2D eigenvalue weighted by Gasteiger charge is 2.49. The molecule has 168 valence electrons. The molecule has 5 amide bonds. The Morgan fingerprint density at radius 1 is 0.970 bits per heavy atom. The van der Waals surface area contributed by atoms with Crippen molar-refractivity contribution in [3.05, 3.63) is 82.0 Å². The van der Waals surface area contributed by atoms with Crippen molar-refractivity contribution >= 4 is 46.5 Å². The van der Waals surface area contributed by atoms with Crippen LogP contribution >= 0.6 is 11.3 Å². The number of carbonyl (C=O) groups is 4. The number of benzene rings is 2. The molecule has 0 aliphatic carbocycles. The van der Waals surface area contributed by atoms with Crippen LogP contribution in [-0.4, -0.2) is 35.2 Å². The second-order valence-corrected chi connectivity index (χ2v) is 8.82. The number of aryl methyl sites for hydroxylation is 1. The number of anilines is 2. The molecule has 1 aliphatic heterocycles. The highest BCUT2D eigenvalue weighted by atomic mass is 32.1. The average molecular weight is 463 g/mol. The van der Waals surface area contributed by atoms with Crippen LogP contribution in [0.15, 0.2) is 66.0 Å². The maximum Gasteiger partial charge on any atom is 0.325 e. The van der Waals surface area contributed by atoms with Gasteiger partial charge in [0.25, 0.3) is 11.8 Å². The molecule has 1 aromatic heterocycles. The zero-order chi connectivity index (χ0) is 23.6. The van der Waals surface area contributed by atoms with E-state index < -0.39 is 29.9 Å². The molecule has 33 heavy (non-hydrogen) atoms. The first-order valence-corrected chi connectivity index (χ1v) is 11.1. The summed E-state index contributed by atoms with van der Waals surface area (Å²) < 4.78 is 0. The SMILES string of the molecule is Cc1ccc(C2(C)NC(=O)N(CC(=O)Nc3ccc(NC(=O)c4cccs4)cc3)C2=O)cc1. The molecule has 3 aromatic rings. The molecular weight excluding hydrogens is 440 g/mol. The van der Waals surface area contributed by atoms with Gasteiger partial charge < -0.3 is 16.0 Å². The van der Waals surface area contributed by atoms with Gasteiger partial charge in [-0.3, -0.25) is 19.3 Å². The zero-order valence-corrected chi connectivity index (χ0v) is 18.9. The highest BCUT2D eigenvalue weighted by molar-refractivity contribution is 7.12. The Kier molecular flexibility index (Phi) is 5.97. The predicted molar refractivity (Wildman–Crippen MR) is 126 cm³/mol. The molecule has 9 heteroatoms. The lowest BCUT2D eigenvalue weighted by molar-refractivity contribution is -0.133. The minimum absolute atomic E-state index is 0.211. The summed E-state index contributed by atoms with van der Waals surface area (Å²) in [6.07, 6.45) is 0. The predicted octanol–water partition coefficient (Wildman–Crippen LogP) is 3.71. The van der Waals surface area contributed by atoms with Crippen molar-refractivity contribution in [1.82, 2.24) is 10.2 Å². The van der Waals surface area contributed by atoms with Crippen molar-refractivity contribution in [3.63, 3.8) is 0 Å². The molecule has 1 atom stereocenters. The van der Waals surface area contributed by atoms with E-state index in [9.17, 15) is 19.2 Å². The van der Waals surface area contributed by atoms with Crippen LogP contribution in [0.25, 0.3) is 0 Å². The van der Waals surface area contributed by atoms with Gasteiger partial charge in [0.05, 0.1) is 4.88 Å². The van der Waals surface area contributed by atoms with Crippen LogP contribution in [0.3, 0.4) is 0 Å². The van der Waals surface area contributed by atoms with Crippen molar-refractivity contribution in [2.75, 3.05) is 17.2 Å². The van der Waals surface area contributed by atoms with Crippen LogP contribution in [0.2, 0.25) is 0 Å². The molecule has 3 N–H and O–H groups in total. The van der Waals surface area contributed by atoms with Gasteiger partial charge >= 0.3 is 6.03 Å². The number of nitrogens with one attached hydrogen (secondary N) is 3. The monoisotopic (exact) mass is 462 g/mol. The summed E-state index contributed by atoms with van der Waals surface area (Å²) in [6, 6.07) is 16.8. The van der Waals surface area contributed by atoms with Crippen LogP contribution in [0.1, 0.15) is 27.7 Å². The van der Waals surface area contributed by atoms with E-state index in [1.165, 1.54) is 11.3 Å². The maximum absolute atomic E-state index is 13.0. The largest absolute Gasteiger partial charge is 0.325 e. The van der Waals surface area contributed by atoms with Crippen molar-refractivity contribution < 1.29 is 19.2 Å². The number of nitrogens with zero attached hydrogens (tertiary/aromatic N) is 1. The fourth-order valence-electron chi connectivity index (χ4n) is 3.50. The molecule has 2 heterocycles. The van der Waals surface area contributed by atoms with Gasteiger partial charge in [-0.2, -0.15) is 0 Å². The zero-order valence-electron chi connectivity index (χ0n) is 18.0. The average Bonchev–Trinajstić information content (AvgIpc) is 3.40. The molecule has 4 rings (SSSR count). The second kappa shape index (κ2) is 8.87. The van der Waals surface area contributed by atoms with Crippen LogP contribution in [0.5, 0.6) is 0 Å². The fourth-order valence-corrected chi connectivity index (χ4v) is 4.12. The van der Waals surface area contributed by atoms with Crippen LogP contribution in [-0.2, 0) is 15.1 Å². The van der Waals surface area contributed by atoms with Gasteiger partial charge in [0.15, 0.2) is 0 Å². The first-order valence-electron chi connectivity index (χ1n) is 10.2. The lowest BCUT2D eigenvalue weighted by atomic mass is 9.91. The summed E-state index contributed by atoms with van der Waals surface area (Å²) in [6.45, 7) is 3.14. The van der Waals surface area contributed by atoms with Crippen molar-refractivity contribution in [2.24, 2.45) is 0 Å². The molecule has 1 fully saturated rings. The number of amides is 5. The number of hydrogen-bond acceptors (Lipinski definition) is 5. The van der Waals surface area contributed by atoms with E-state index in [1.807, 2.05) is 24.4 Å². The summed E-state index contributed by atoms with van der Waals surface area (Å²) in [5.41, 5.74) is 1.51. The summed E-state index contributed by atoms with van der Waals surface area (Å²) >= 11 is 1.34. The Bertz CT molecular complexity index is 1210. The third-order valence-electron chi connectivity index (χ3n) is 5.38. The minimum Gasteiger partial charge on any atom is -0.325 e. The van der Waals surface area contributed by atoms with E-state index >= 15 is 0 Å². The Hall–Kier alpha value is -3.98. The van der Waals surface area contributed by atoms with Gasteiger partial charge in [-0.1, -0.05) is 35.9 Å². The lowest BCUT2D eigenvalue weighted by Gasteiger charge is -2.22. The van der Waals surface area contributed by atoms with Crippen molar-refractivity contribution in [3.8, 4) is 0 Å². The van der Waals surface area contributed by atoms with E-state index in [0.29, 0.717) is 21.8 Å². The van der Waals surface area contributed by atoms with E-state index in [1.54, 1.807) is 55.5 Å². The third kappa shape index (κ3) is 4.63. The first kappa shape index (κ1) is 22.2. The van der Waals surface area contributed by atoms with Crippen molar-refractivity contribution in [2.45, 2.75) is 19.4 Å². The quantitative estimate of drug-likeness (QED) is 0.485. The summed E-state index contributed by atoms with van der Waals surface area (Å²) in [5, 5.41) is 9.96. The van der Waals surface area contributed by atoms with Crippen LogP contribution in [0.4, 0.5) is 16.2 Å². The van der Waals surface area contributed by atoms with Gasteiger partial charge in [-0.25, -0.2) is 4.79 Å².